The number of non-ortho nitro benzene ring substituents is 1. The number of ketones is 1. The molecule has 4 rings (SSSR count). The Balaban J connectivity index is 1.87. The van der Waals surface area contributed by atoms with E-state index in [9.17, 15) is 24.8 Å². The molecule has 0 aliphatic carbocycles. The highest BCUT2D eigenvalue weighted by Crippen LogP contribution is 2.40. The maximum Gasteiger partial charge on any atom is 0.295 e. The van der Waals surface area contributed by atoms with Gasteiger partial charge < -0.3 is 14.9 Å². The number of nitro groups is 1. The number of aliphatic hydroxyl groups is 1. The second kappa shape index (κ2) is 9.51. The zero-order chi connectivity index (χ0) is 25.3. The molecule has 1 fully saturated rings. The Morgan fingerprint density at radius 3 is 2.51 bits per heavy atom. The lowest BCUT2D eigenvalue weighted by atomic mass is 9.95. The summed E-state index contributed by atoms with van der Waals surface area (Å²) >= 11 is 0. The van der Waals surface area contributed by atoms with E-state index in [2.05, 4.69) is 5.10 Å². The molecule has 1 atom stereocenters. The molecule has 35 heavy (non-hydrogen) atoms. The van der Waals surface area contributed by atoms with Gasteiger partial charge in [0.2, 0.25) is 0 Å². The van der Waals surface area contributed by atoms with E-state index < -0.39 is 22.7 Å². The molecule has 0 spiro atoms. The Morgan fingerprint density at radius 1 is 1.14 bits per heavy atom. The number of benzene rings is 2. The summed E-state index contributed by atoms with van der Waals surface area (Å²) in [6, 6.07) is 14.1. The highest BCUT2D eigenvalue weighted by atomic mass is 16.6. The summed E-state index contributed by atoms with van der Waals surface area (Å²) in [5.74, 6) is -1.98. The molecule has 180 valence electrons. The first-order chi connectivity index (χ1) is 16.7. The van der Waals surface area contributed by atoms with Gasteiger partial charge in [-0.15, -0.1) is 0 Å². The standard InChI is InChI=1S/C25H25N5O5/c1-16-20(15-26-29(16)18-9-5-4-6-10-18)23(31)21-22(17-8-7-11-19(14-17)30(34)35)28(13-12-27(2)3)25(33)24(21)32/h4-11,14-15,22,31H,12-13H2,1-3H3/b23-21-. The van der Waals surface area contributed by atoms with Gasteiger partial charge in [-0.3, -0.25) is 19.7 Å². The first-order valence-corrected chi connectivity index (χ1v) is 11.0. The van der Waals surface area contributed by atoms with Crippen LogP contribution in [0.4, 0.5) is 5.69 Å². The highest BCUT2D eigenvalue weighted by molar-refractivity contribution is 6.46. The number of rotatable bonds is 7. The van der Waals surface area contributed by atoms with Crippen molar-refractivity contribution < 1.29 is 19.6 Å². The first kappa shape index (κ1) is 23.8. The summed E-state index contributed by atoms with van der Waals surface area (Å²) in [7, 11) is 3.67. The van der Waals surface area contributed by atoms with Crippen molar-refractivity contribution in [2.45, 2.75) is 13.0 Å². The number of para-hydroxylation sites is 1. The number of hydrogen-bond donors (Lipinski definition) is 1. The van der Waals surface area contributed by atoms with Gasteiger partial charge in [0.05, 0.1) is 39.7 Å². The van der Waals surface area contributed by atoms with Crippen LogP contribution in [0.5, 0.6) is 0 Å². The molecule has 10 heteroatoms. The topological polar surface area (TPSA) is 122 Å². The van der Waals surface area contributed by atoms with Crippen molar-refractivity contribution in [3.8, 4) is 5.69 Å². The second-order valence-electron chi connectivity index (χ2n) is 8.54. The maximum atomic E-state index is 13.2. The first-order valence-electron chi connectivity index (χ1n) is 11.0. The minimum Gasteiger partial charge on any atom is -0.507 e. The quantitative estimate of drug-likeness (QED) is 0.183. The van der Waals surface area contributed by atoms with E-state index in [-0.39, 0.29) is 23.6 Å². The van der Waals surface area contributed by atoms with Gasteiger partial charge in [-0.1, -0.05) is 30.3 Å². The van der Waals surface area contributed by atoms with Crippen LogP contribution in [0.2, 0.25) is 0 Å². The van der Waals surface area contributed by atoms with Gasteiger partial charge in [0.25, 0.3) is 17.4 Å². The number of hydrogen-bond acceptors (Lipinski definition) is 7. The van der Waals surface area contributed by atoms with Crippen LogP contribution in [-0.4, -0.2) is 68.5 Å². The Morgan fingerprint density at radius 2 is 1.86 bits per heavy atom. The minimum absolute atomic E-state index is 0.120. The monoisotopic (exact) mass is 475 g/mol. The normalized spacial score (nSPS) is 17.4. The second-order valence-corrected chi connectivity index (χ2v) is 8.54. The molecule has 10 nitrogen and oxygen atoms in total. The Hall–Kier alpha value is -4.31. The van der Waals surface area contributed by atoms with Crippen LogP contribution in [0.3, 0.4) is 0 Å². The largest absolute Gasteiger partial charge is 0.507 e. The van der Waals surface area contributed by atoms with Crippen LogP contribution in [0.1, 0.15) is 22.9 Å². The molecule has 0 radical (unpaired) electrons. The van der Waals surface area contributed by atoms with Gasteiger partial charge in [0, 0.05) is 25.2 Å². The predicted molar refractivity (Wildman–Crippen MR) is 129 cm³/mol. The molecule has 1 N–H and O–H groups in total. The van der Waals surface area contributed by atoms with E-state index in [1.54, 1.807) is 17.7 Å². The predicted octanol–water partition coefficient (Wildman–Crippen LogP) is 3.07. The lowest BCUT2D eigenvalue weighted by Gasteiger charge is -2.26. The molecule has 0 bridgehead atoms. The van der Waals surface area contributed by atoms with Crippen molar-refractivity contribution in [3.63, 3.8) is 0 Å². The van der Waals surface area contributed by atoms with E-state index >= 15 is 0 Å². The van der Waals surface area contributed by atoms with Crippen LogP contribution in [0.15, 0.2) is 66.4 Å². The zero-order valence-corrected chi connectivity index (χ0v) is 19.6. The van der Waals surface area contributed by atoms with E-state index in [4.69, 9.17) is 0 Å². The number of aromatic nitrogens is 2. The van der Waals surface area contributed by atoms with E-state index in [0.717, 1.165) is 5.69 Å². The number of carbonyl (C=O) groups excluding carboxylic acids is 2. The fraction of sp³-hybridized carbons (Fsp3) is 0.240. The third-order valence-corrected chi connectivity index (χ3v) is 5.99. The molecular formula is C25H25N5O5. The summed E-state index contributed by atoms with van der Waals surface area (Å²) < 4.78 is 1.62. The van der Waals surface area contributed by atoms with Crippen molar-refractivity contribution in [2.75, 3.05) is 27.2 Å². The molecule has 1 saturated heterocycles. The number of carbonyl (C=O) groups is 2. The Labute approximate surface area is 201 Å². The average molecular weight is 476 g/mol. The number of nitrogens with zero attached hydrogens (tertiary/aromatic N) is 5. The van der Waals surface area contributed by atoms with Gasteiger partial charge in [-0.2, -0.15) is 5.10 Å². The fourth-order valence-electron chi connectivity index (χ4n) is 4.19. The van der Waals surface area contributed by atoms with Gasteiger partial charge in [-0.25, -0.2) is 4.68 Å². The average Bonchev–Trinajstić information content (AvgIpc) is 3.35. The molecule has 1 aliphatic heterocycles. The lowest BCUT2D eigenvalue weighted by molar-refractivity contribution is -0.384. The van der Waals surface area contributed by atoms with Crippen LogP contribution in [0.25, 0.3) is 11.4 Å². The van der Waals surface area contributed by atoms with Crippen molar-refractivity contribution in [1.29, 1.82) is 0 Å². The van der Waals surface area contributed by atoms with Crippen LogP contribution >= 0.6 is 0 Å². The minimum atomic E-state index is -0.977. The number of Topliss-reactive ketones (excluding diaryl/α,β-unsaturated/α-hetero) is 1. The third kappa shape index (κ3) is 4.43. The van der Waals surface area contributed by atoms with Crippen LogP contribution < -0.4 is 0 Å². The molecule has 1 amide bonds. The lowest BCUT2D eigenvalue weighted by Crippen LogP contribution is -2.35. The molecule has 1 aliphatic rings. The smallest absolute Gasteiger partial charge is 0.295 e. The van der Waals surface area contributed by atoms with Crippen molar-refractivity contribution in [1.82, 2.24) is 19.6 Å². The number of nitro benzene ring substituents is 1. The summed E-state index contributed by atoms with van der Waals surface area (Å²) in [4.78, 5) is 40.3. The molecular weight excluding hydrogens is 450 g/mol. The molecule has 0 saturated carbocycles. The maximum absolute atomic E-state index is 13.2. The number of aliphatic hydroxyl groups excluding tert-OH is 1. The number of amides is 1. The van der Waals surface area contributed by atoms with Crippen molar-refractivity contribution >= 4 is 23.1 Å². The molecule has 2 aromatic carbocycles. The van der Waals surface area contributed by atoms with Crippen molar-refractivity contribution in [3.05, 3.63) is 93.3 Å². The molecule has 2 heterocycles. The number of likely N-dealkylation sites (tertiary alicyclic amines) is 1. The Bertz CT molecular complexity index is 1330. The van der Waals surface area contributed by atoms with Gasteiger partial charge in [0.15, 0.2) is 0 Å². The van der Waals surface area contributed by atoms with Crippen LogP contribution in [-0.2, 0) is 9.59 Å². The van der Waals surface area contributed by atoms with E-state index in [1.807, 2.05) is 49.3 Å². The number of likely N-dealkylation sites (N-methyl/N-ethyl adjacent to an activating group) is 1. The summed E-state index contributed by atoms with van der Waals surface area (Å²) in [5.41, 5.74) is 1.72. The summed E-state index contributed by atoms with van der Waals surface area (Å²) in [6.45, 7) is 2.41. The molecule has 3 aromatic rings. The van der Waals surface area contributed by atoms with Gasteiger partial charge in [-0.05, 0) is 38.7 Å². The van der Waals surface area contributed by atoms with Crippen molar-refractivity contribution in [2.24, 2.45) is 0 Å². The van der Waals surface area contributed by atoms with E-state index in [1.165, 1.54) is 29.3 Å². The highest BCUT2D eigenvalue weighted by Gasteiger charge is 2.46. The molecule has 1 unspecified atom stereocenters. The summed E-state index contributed by atoms with van der Waals surface area (Å²) in [5, 5.41) is 27.1. The van der Waals surface area contributed by atoms with Gasteiger partial charge in [0.1, 0.15) is 5.76 Å². The van der Waals surface area contributed by atoms with Gasteiger partial charge >= 0.3 is 0 Å². The fourth-order valence-corrected chi connectivity index (χ4v) is 4.19. The Kier molecular flexibility index (Phi) is 6.48. The van der Waals surface area contributed by atoms with Crippen LogP contribution in [0, 0.1) is 17.0 Å². The zero-order valence-electron chi connectivity index (χ0n) is 19.6. The summed E-state index contributed by atoms with van der Waals surface area (Å²) in [6.07, 6.45) is 1.44. The SMILES string of the molecule is Cc1c(/C(O)=C2/C(=O)C(=O)N(CCN(C)C)C2c2cccc([N+](=O)[O-])c2)cnn1-c1ccccc1. The van der Waals surface area contributed by atoms with E-state index in [0.29, 0.717) is 23.4 Å². The third-order valence-electron chi connectivity index (χ3n) is 5.99. The molecule has 1 aromatic heterocycles.